The number of pyridine rings is 3. The van der Waals surface area contributed by atoms with Crippen LogP contribution in [0.1, 0.15) is 11.1 Å². The number of allylic oxidation sites excluding steroid dienone is 4. The average Bonchev–Trinajstić information content (AvgIpc) is 2.88. The number of aromatic nitrogens is 5. The number of hydrogen-bond donors (Lipinski definition) is 2. The second kappa shape index (κ2) is 9.25. The van der Waals surface area contributed by atoms with E-state index in [0.29, 0.717) is 17.2 Å². The second-order valence-electron chi connectivity index (χ2n) is 8.65. The lowest BCUT2D eigenvalue weighted by molar-refractivity contribution is -0.137. The normalized spacial score (nSPS) is 15.4. The Morgan fingerprint density at radius 3 is 2.49 bits per heavy atom. The molecule has 0 atom stereocenters. The fourth-order valence-electron chi connectivity index (χ4n) is 4.29. The van der Waals surface area contributed by atoms with Crippen LogP contribution in [0, 0.1) is 0 Å². The molecule has 0 bridgehead atoms. The number of rotatable bonds is 5. The summed E-state index contributed by atoms with van der Waals surface area (Å²) in [6.07, 6.45) is 7.60. The van der Waals surface area contributed by atoms with E-state index in [2.05, 4.69) is 30.5 Å². The third-order valence-corrected chi connectivity index (χ3v) is 6.23. The van der Waals surface area contributed by atoms with E-state index in [1.807, 2.05) is 24.4 Å². The maximum absolute atomic E-state index is 12.9. The Balaban J connectivity index is 1.38. The maximum Gasteiger partial charge on any atom is 0.417 e. The Morgan fingerprint density at radius 2 is 1.78 bits per heavy atom. The molecule has 4 aromatic heterocycles. The monoisotopic (exact) mass is 502 g/mol. The number of nitrogens with one attached hydrogen (secondary N) is 2. The SMILES string of the molecule is FC(F)(F)c1ccc(Nc2cc(-c3nc(N4CCNCC4)c4c(C5=CC=C5)cncc4n3)ccn2)nc1. The summed E-state index contributed by atoms with van der Waals surface area (Å²) in [4.78, 5) is 24.7. The van der Waals surface area contributed by atoms with Crippen molar-refractivity contribution >= 4 is 33.9 Å². The van der Waals surface area contributed by atoms with Crippen molar-refractivity contribution in [2.75, 3.05) is 36.4 Å². The van der Waals surface area contributed by atoms with Crippen LogP contribution in [0.3, 0.4) is 0 Å². The molecule has 1 aliphatic carbocycles. The molecular formula is C26H21F3N8. The Bertz CT molecular complexity index is 1520. The first-order chi connectivity index (χ1) is 18.0. The summed E-state index contributed by atoms with van der Waals surface area (Å²) in [5.74, 6) is 2.00. The summed E-state index contributed by atoms with van der Waals surface area (Å²) in [6.45, 7) is 3.33. The van der Waals surface area contributed by atoms with E-state index in [9.17, 15) is 13.2 Å². The van der Waals surface area contributed by atoms with E-state index in [1.54, 1.807) is 24.5 Å². The van der Waals surface area contributed by atoms with E-state index < -0.39 is 11.7 Å². The Kier molecular flexibility index (Phi) is 5.76. The van der Waals surface area contributed by atoms with Gasteiger partial charge in [-0.05, 0) is 29.8 Å². The first-order valence-electron chi connectivity index (χ1n) is 11.7. The van der Waals surface area contributed by atoms with Crippen LogP contribution in [0.4, 0.5) is 30.6 Å². The highest BCUT2D eigenvalue weighted by Crippen LogP contribution is 2.35. The molecule has 5 heterocycles. The van der Waals surface area contributed by atoms with Crippen molar-refractivity contribution in [3.8, 4) is 11.4 Å². The minimum absolute atomic E-state index is 0.245. The maximum atomic E-state index is 12.9. The minimum atomic E-state index is -4.45. The van der Waals surface area contributed by atoms with Gasteiger partial charge in [-0.3, -0.25) is 4.98 Å². The van der Waals surface area contributed by atoms with Gasteiger partial charge in [0.05, 0.1) is 22.7 Å². The van der Waals surface area contributed by atoms with Crippen LogP contribution in [-0.4, -0.2) is 51.1 Å². The highest BCUT2D eigenvalue weighted by molar-refractivity contribution is 6.02. The smallest absolute Gasteiger partial charge is 0.353 e. The summed E-state index contributed by atoms with van der Waals surface area (Å²) in [6, 6.07) is 5.78. The van der Waals surface area contributed by atoms with Crippen LogP contribution in [0.25, 0.3) is 27.9 Å². The number of alkyl halides is 3. The van der Waals surface area contributed by atoms with Gasteiger partial charge in [-0.1, -0.05) is 18.2 Å². The van der Waals surface area contributed by atoms with Crippen LogP contribution < -0.4 is 15.5 Å². The molecule has 0 aromatic carbocycles. The van der Waals surface area contributed by atoms with Crippen molar-refractivity contribution in [3.05, 3.63) is 78.4 Å². The molecule has 0 radical (unpaired) electrons. The van der Waals surface area contributed by atoms with E-state index in [-0.39, 0.29) is 5.82 Å². The molecule has 1 saturated heterocycles. The lowest BCUT2D eigenvalue weighted by Crippen LogP contribution is -2.44. The molecule has 11 heteroatoms. The van der Waals surface area contributed by atoms with E-state index >= 15 is 0 Å². The number of hydrogen-bond acceptors (Lipinski definition) is 8. The van der Waals surface area contributed by atoms with Crippen molar-refractivity contribution in [2.45, 2.75) is 6.18 Å². The molecule has 6 rings (SSSR count). The summed E-state index contributed by atoms with van der Waals surface area (Å²) in [5, 5.41) is 7.29. The minimum Gasteiger partial charge on any atom is -0.353 e. The van der Waals surface area contributed by atoms with Crippen LogP contribution in [0.15, 0.2) is 67.3 Å². The number of anilines is 3. The standard InChI is InChI=1S/C26H21F3N8/c27-26(28,29)18-4-5-21(33-13-18)35-22-12-17(6-7-32-22)24-34-20-15-31-14-19(16-2-1-3-16)23(20)25(36-24)37-10-8-30-9-11-37/h1-7,12-15,30H,8-11H2,(H,32,33,35). The summed E-state index contributed by atoms with van der Waals surface area (Å²) < 4.78 is 38.6. The van der Waals surface area contributed by atoms with Crippen LogP contribution >= 0.6 is 0 Å². The molecule has 2 aliphatic rings. The average molecular weight is 503 g/mol. The lowest BCUT2D eigenvalue weighted by atomic mass is 9.97. The zero-order valence-electron chi connectivity index (χ0n) is 19.5. The molecule has 1 fully saturated rings. The fraction of sp³-hybridized carbons (Fsp3) is 0.192. The van der Waals surface area contributed by atoms with Gasteiger partial charge >= 0.3 is 6.18 Å². The Hall–Kier alpha value is -4.38. The van der Waals surface area contributed by atoms with Gasteiger partial charge in [-0.25, -0.2) is 19.9 Å². The van der Waals surface area contributed by atoms with Gasteiger partial charge in [0.1, 0.15) is 17.5 Å². The summed E-state index contributed by atoms with van der Waals surface area (Å²) in [5.41, 5.74) is 2.70. The molecule has 0 unspecified atom stereocenters. The number of fused-ring (bicyclic) bond motifs is 1. The number of nitrogens with zero attached hydrogens (tertiary/aromatic N) is 6. The molecule has 1 aliphatic heterocycles. The van der Waals surface area contributed by atoms with E-state index in [4.69, 9.17) is 9.97 Å². The van der Waals surface area contributed by atoms with Gasteiger partial charge < -0.3 is 15.5 Å². The molecule has 8 nitrogen and oxygen atoms in total. The molecule has 0 spiro atoms. The van der Waals surface area contributed by atoms with Crippen molar-refractivity contribution in [1.29, 1.82) is 0 Å². The van der Waals surface area contributed by atoms with E-state index in [0.717, 1.165) is 66.3 Å². The Morgan fingerprint density at radius 1 is 0.946 bits per heavy atom. The van der Waals surface area contributed by atoms with Crippen LogP contribution in [-0.2, 0) is 6.18 Å². The second-order valence-corrected chi connectivity index (χ2v) is 8.65. The molecule has 4 aromatic rings. The third kappa shape index (κ3) is 4.60. The van der Waals surface area contributed by atoms with Crippen LogP contribution in [0.2, 0.25) is 0 Å². The zero-order chi connectivity index (χ0) is 25.4. The highest BCUT2D eigenvalue weighted by Gasteiger charge is 2.30. The molecule has 0 amide bonds. The van der Waals surface area contributed by atoms with Gasteiger partial charge in [0.15, 0.2) is 5.82 Å². The number of halogens is 3. The van der Waals surface area contributed by atoms with Gasteiger partial charge in [-0.2, -0.15) is 13.2 Å². The Labute approximate surface area is 210 Å². The topological polar surface area (TPSA) is 91.8 Å². The molecule has 0 saturated carbocycles. The van der Waals surface area contributed by atoms with Crippen LogP contribution in [0.5, 0.6) is 0 Å². The van der Waals surface area contributed by atoms with Gasteiger partial charge in [0.2, 0.25) is 0 Å². The highest BCUT2D eigenvalue weighted by atomic mass is 19.4. The lowest BCUT2D eigenvalue weighted by Gasteiger charge is -2.30. The van der Waals surface area contributed by atoms with Crippen molar-refractivity contribution in [3.63, 3.8) is 0 Å². The van der Waals surface area contributed by atoms with Crippen molar-refractivity contribution < 1.29 is 13.2 Å². The van der Waals surface area contributed by atoms with Crippen molar-refractivity contribution in [1.82, 2.24) is 30.2 Å². The predicted molar refractivity (Wildman–Crippen MR) is 135 cm³/mol. The predicted octanol–water partition coefficient (Wildman–Crippen LogP) is 4.61. The fourth-order valence-corrected chi connectivity index (χ4v) is 4.29. The molecular weight excluding hydrogens is 481 g/mol. The van der Waals surface area contributed by atoms with Gasteiger partial charge in [0.25, 0.3) is 0 Å². The third-order valence-electron chi connectivity index (χ3n) is 6.23. The van der Waals surface area contributed by atoms with E-state index in [1.165, 1.54) is 6.07 Å². The van der Waals surface area contributed by atoms with Gasteiger partial charge in [-0.15, -0.1) is 0 Å². The quantitative estimate of drug-likeness (QED) is 0.409. The zero-order valence-corrected chi connectivity index (χ0v) is 19.5. The van der Waals surface area contributed by atoms with Gasteiger partial charge in [0, 0.05) is 55.9 Å². The summed E-state index contributed by atoms with van der Waals surface area (Å²) >= 11 is 0. The largest absolute Gasteiger partial charge is 0.417 e. The van der Waals surface area contributed by atoms with Crippen molar-refractivity contribution in [2.24, 2.45) is 0 Å². The summed E-state index contributed by atoms with van der Waals surface area (Å²) in [7, 11) is 0. The molecule has 186 valence electrons. The first-order valence-corrected chi connectivity index (χ1v) is 11.7. The molecule has 37 heavy (non-hydrogen) atoms. The molecule has 2 N–H and O–H groups in total. The first kappa shape index (κ1) is 23.0. The number of piperazine rings is 1.